The van der Waals surface area contributed by atoms with Crippen molar-refractivity contribution in [3.8, 4) is 11.8 Å². The van der Waals surface area contributed by atoms with E-state index >= 15 is 0 Å². The number of amides is 1. The fourth-order valence-corrected chi connectivity index (χ4v) is 4.36. The van der Waals surface area contributed by atoms with Crippen molar-refractivity contribution in [2.24, 2.45) is 0 Å². The van der Waals surface area contributed by atoms with Crippen molar-refractivity contribution in [1.82, 2.24) is 9.88 Å². The summed E-state index contributed by atoms with van der Waals surface area (Å²) in [7, 11) is 0. The SMILES string of the molecule is N#C/C(=C\c1cn(CCOc2ccc(F)cc2)c2ccccc12)C(=O)NC1CCCCCC1. The molecule has 0 spiro atoms. The standard InChI is InChI=1S/C27H28FN3O2/c28-22-11-13-24(14-12-22)33-16-15-31-19-21(25-9-5-6-10-26(25)31)17-20(18-29)27(32)30-23-7-3-1-2-4-8-23/h5-6,9-14,17,19,23H,1-4,7-8,15-16H2,(H,30,32)/b20-17+. The van der Waals surface area contributed by atoms with Crippen molar-refractivity contribution in [3.05, 3.63) is 71.7 Å². The van der Waals surface area contributed by atoms with Gasteiger partial charge in [-0.1, -0.05) is 43.9 Å². The lowest BCUT2D eigenvalue weighted by molar-refractivity contribution is -0.117. The number of halogens is 1. The van der Waals surface area contributed by atoms with Gasteiger partial charge in [0, 0.05) is 28.7 Å². The minimum absolute atomic E-state index is 0.115. The second kappa shape index (κ2) is 10.8. The number of ether oxygens (including phenoxy) is 1. The Morgan fingerprint density at radius 3 is 2.58 bits per heavy atom. The Hall–Kier alpha value is -3.59. The normalized spacial score (nSPS) is 15.1. The molecular formula is C27H28FN3O2. The molecule has 3 aromatic rings. The van der Waals surface area contributed by atoms with Crippen molar-refractivity contribution in [1.29, 1.82) is 5.26 Å². The number of rotatable bonds is 7. The number of para-hydroxylation sites is 1. The van der Waals surface area contributed by atoms with Crippen molar-refractivity contribution >= 4 is 22.9 Å². The Morgan fingerprint density at radius 1 is 1.12 bits per heavy atom. The predicted octanol–water partition coefficient (Wildman–Crippen LogP) is 5.61. The zero-order valence-corrected chi connectivity index (χ0v) is 18.6. The first kappa shape index (κ1) is 22.6. The summed E-state index contributed by atoms with van der Waals surface area (Å²) in [6, 6.07) is 16.0. The molecular weight excluding hydrogens is 417 g/mol. The molecule has 170 valence electrons. The summed E-state index contributed by atoms with van der Waals surface area (Å²) in [6.07, 6.45) is 10.2. The molecule has 1 aromatic heterocycles. The van der Waals surface area contributed by atoms with Gasteiger partial charge in [0.05, 0.1) is 6.54 Å². The molecule has 1 heterocycles. The minimum Gasteiger partial charge on any atom is -0.492 e. The number of nitriles is 1. The summed E-state index contributed by atoms with van der Waals surface area (Å²) in [5.41, 5.74) is 1.93. The van der Waals surface area contributed by atoms with E-state index in [1.165, 1.54) is 25.0 Å². The number of fused-ring (bicyclic) bond motifs is 1. The van der Waals surface area contributed by atoms with Crippen LogP contribution in [0.2, 0.25) is 0 Å². The second-order valence-corrected chi connectivity index (χ2v) is 8.43. The van der Waals surface area contributed by atoms with E-state index < -0.39 is 0 Å². The van der Waals surface area contributed by atoms with Gasteiger partial charge in [-0.05, 0) is 49.2 Å². The van der Waals surface area contributed by atoms with Gasteiger partial charge in [0.2, 0.25) is 0 Å². The third-order valence-electron chi connectivity index (χ3n) is 6.09. The van der Waals surface area contributed by atoms with Crippen LogP contribution >= 0.6 is 0 Å². The number of nitrogens with one attached hydrogen (secondary N) is 1. The summed E-state index contributed by atoms with van der Waals surface area (Å²) in [6.45, 7) is 0.975. The van der Waals surface area contributed by atoms with Gasteiger partial charge < -0.3 is 14.6 Å². The monoisotopic (exact) mass is 445 g/mol. The highest BCUT2D eigenvalue weighted by atomic mass is 19.1. The van der Waals surface area contributed by atoms with E-state index in [0.29, 0.717) is 18.9 Å². The number of hydrogen-bond donors (Lipinski definition) is 1. The van der Waals surface area contributed by atoms with Crippen LogP contribution in [0.5, 0.6) is 5.75 Å². The first-order valence-electron chi connectivity index (χ1n) is 11.5. The number of nitrogens with zero attached hydrogens (tertiary/aromatic N) is 2. The maximum atomic E-state index is 13.1. The van der Waals surface area contributed by atoms with Crippen LogP contribution in [0.15, 0.2) is 60.3 Å². The van der Waals surface area contributed by atoms with Crippen LogP contribution < -0.4 is 10.1 Å². The minimum atomic E-state index is -0.305. The molecule has 0 aliphatic heterocycles. The number of carbonyl (C=O) groups is 1. The smallest absolute Gasteiger partial charge is 0.262 e. The Morgan fingerprint density at radius 2 is 1.85 bits per heavy atom. The van der Waals surface area contributed by atoms with Gasteiger partial charge in [0.25, 0.3) is 5.91 Å². The lowest BCUT2D eigenvalue weighted by Gasteiger charge is -2.15. The average molecular weight is 446 g/mol. The average Bonchev–Trinajstić information content (AvgIpc) is 2.98. The Bertz CT molecular complexity index is 1170. The molecule has 0 radical (unpaired) electrons. The molecule has 0 unspecified atom stereocenters. The Kier molecular flexibility index (Phi) is 7.41. The summed E-state index contributed by atoms with van der Waals surface area (Å²) in [4.78, 5) is 12.8. The van der Waals surface area contributed by atoms with Crippen LogP contribution in [0.25, 0.3) is 17.0 Å². The largest absolute Gasteiger partial charge is 0.492 e. The van der Waals surface area contributed by atoms with E-state index in [2.05, 4.69) is 11.4 Å². The third kappa shape index (κ3) is 5.81. The summed E-state index contributed by atoms with van der Waals surface area (Å²) < 4.78 is 20.9. The number of hydrogen-bond acceptors (Lipinski definition) is 3. The molecule has 5 nitrogen and oxygen atoms in total. The highest BCUT2D eigenvalue weighted by Crippen LogP contribution is 2.24. The zero-order valence-electron chi connectivity index (χ0n) is 18.6. The van der Waals surface area contributed by atoms with E-state index in [-0.39, 0.29) is 23.3 Å². The first-order valence-corrected chi connectivity index (χ1v) is 11.5. The Labute approximate surface area is 193 Å². The van der Waals surface area contributed by atoms with Gasteiger partial charge in [0.1, 0.15) is 29.8 Å². The third-order valence-corrected chi connectivity index (χ3v) is 6.09. The first-order chi connectivity index (χ1) is 16.1. The Balaban J connectivity index is 1.50. The fourth-order valence-electron chi connectivity index (χ4n) is 4.36. The lowest BCUT2D eigenvalue weighted by atomic mass is 10.1. The van der Waals surface area contributed by atoms with E-state index in [1.54, 1.807) is 18.2 Å². The van der Waals surface area contributed by atoms with Crippen molar-refractivity contribution < 1.29 is 13.9 Å². The van der Waals surface area contributed by atoms with Gasteiger partial charge >= 0.3 is 0 Å². The molecule has 33 heavy (non-hydrogen) atoms. The van der Waals surface area contributed by atoms with E-state index in [4.69, 9.17) is 4.74 Å². The quantitative estimate of drug-likeness (QED) is 0.292. The van der Waals surface area contributed by atoms with Gasteiger partial charge in [-0.25, -0.2) is 4.39 Å². The number of carbonyl (C=O) groups excluding carboxylic acids is 1. The number of benzene rings is 2. The van der Waals surface area contributed by atoms with Crippen molar-refractivity contribution in [2.75, 3.05) is 6.61 Å². The van der Waals surface area contributed by atoms with Crippen molar-refractivity contribution in [3.63, 3.8) is 0 Å². The van der Waals surface area contributed by atoms with Crippen LogP contribution in [0.3, 0.4) is 0 Å². The molecule has 2 aromatic carbocycles. The fraction of sp³-hybridized carbons (Fsp3) is 0.333. The summed E-state index contributed by atoms with van der Waals surface area (Å²) in [5, 5.41) is 13.7. The van der Waals surface area contributed by atoms with E-state index in [9.17, 15) is 14.4 Å². The number of aromatic nitrogens is 1. The van der Waals surface area contributed by atoms with Crippen molar-refractivity contribution in [2.45, 2.75) is 51.1 Å². The molecule has 0 atom stereocenters. The van der Waals surface area contributed by atoms with E-state index in [0.717, 1.165) is 42.1 Å². The molecule has 1 amide bonds. The van der Waals surface area contributed by atoms with Crippen LogP contribution in [-0.2, 0) is 11.3 Å². The van der Waals surface area contributed by atoms with Gasteiger partial charge in [0.15, 0.2) is 0 Å². The second-order valence-electron chi connectivity index (χ2n) is 8.43. The highest BCUT2D eigenvalue weighted by molar-refractivity contribution is 6.04. The molecule has 4 rings (SSSR count). The molecule has 1 fully saturated rings. The maximum absolute atomic E-state index is 13.1. The molecule has 1 aliphatic rings. The summed E-state index contributed by atoms with van der Waals surface area (Å²) in [5.74, 6) is 0.00219. The van der Waals surface area contributed by atoms with Gasteiger partial charge in [-0.3, -0.25) is 4.79 Å². The van der Waals surface area contributed by atoms with Gasteiger partial charge in [-0.2, -0.15) is 5.26 Å². The molecule has 6 heteroatoms. The van der Waals surface area contributed by atoms with Crippen LogP contribution in [-0.4, -0.2) is 23.1 Å². The highest BCUT2D eigenvalue weighted by Gasteiger charge is 2.18. The van der Waals surface area contributed by atoms with Crippen LogP contribution in [0.4, 0.5) is 4.39 Å². The molecule has 1 saturated carbocycles. The molecule has 1 N–H and O–H groups in total. The molecule has 0 saturated heterocycles. The molecule has 1 aliphatic carbocycles. The summed E-state index contributed by atoms with van der Waals surface area (Å²) >= 11 is 0. The predicted molar refractivity (Wildman–Crippen MR) is 127 cm³/mol. The van der Waals surface area contributed by atoms with Crippen LogP contribution in [0, 0.1) is 17.1 Å². The molecule has 0 bridgehead atoms. The van der Waals surface area contributed by atoms with Crippen LogP contribution in [0.1, 0.15) is 44.1 Å². The maximum Gasteiger partial charge on any atom is 0.262 e. The topological polar surface area (TPSA) is 67.0 Å². The zero-order chi connectivity index (χ0) is 23.0. The van der Waals surface area contributed by atoms with E-state index in [1.807, 2.05) is 35.0 Å². The lowest BCUT2D eigenvalue weighted by Crippen LogP contribution is -2.35. The van der Waals surface area contributed by atoms with Gasteiger partial charge in [-0.15, -0.1) is 0 Å².